The molecular weight excluding hydrogens is 312 g/mol. The largest absolute Gasteiger partial charge is 0.494 e. The van der Waals surface area contributed by atoms with E-state index >= 15 is 0 Å². The number of anilines is 1. The molecule has 0 saturated carbocycles. The molecule has 0 spiro atoms. The first-order chi connectivity index (χ1) is 11.2. The van der Waals surface area contributed by atoms with Crippen LogP contribution in [0.15, 0.2) is 54.7 Å². The summed E-state index contributed by atoms with van der Waals surface area (Å²) in [6, 6.07) is 14.9. The number of aromatic nitrogens is 1. The summed E-state index contributed by atoms with van der Waals surface area (Å²) in [6.45, 7) is 2.80. The fourth-order valence-electron chi connectivity index (χ4n) is 2.47. The van der Waals surface area contributed by atoms with Crippen molar-refractivity contribution >= 4 is 34.1 Å². The predicted octanol–water partition coefficient (Wildman–Crippen LogP) is 4.33. The Morgan fingerprint density at radius 1 is 1.17 bits per heavy atom. The van der Waals surface area contributed by atoms with Gasteiger partial charge in [0.2, 0.25) is 5.91 Å². The third-order valence-corrected chi connectivity index (χ3v) is 3.73. The van der Waals surface area contributed by atoms with Crippen molar-refractivity contribution in [1.82, 2.24) is 4.57 Å². The first kappa shape index (κ1) is 15.4. The maximum atomic E-state index is 12.2. The zero-order valence-electron chi connectivity index (χ0n) is 12.8. The molecule has 4 nitrogen and oxygen atoms in total. The number of fused-ring (bicyclic) bond motifs is 1. The summed E-state index contributed by atoms with van der Waals surface area (Å²) in [6.07, 6.45) is 1.89. The van der Waals surface area contributed by atoms with Gasteiger partial charge in [0.1, 0.15) is 12.3 Å². The van der Waals surface area contributed by atoms with Crippen LogP contribution in [0.4, 0.5) is 5.69 Å². The van der Waals surface area contributed by atoms with E-state index in [1.54, 1.807) is 0 Å². The van der Waals surface area contributed by atoms with Crippen LogP contribution in [0.25, 0.3) is 10.9 Å². The van der Waals surface area contributed by atoms with Crippen molar-refractivity contribution in [1.29, 1.82) is 0 Å². The molecule has 0 atom stereocenters. The molecular formula is C18H17ClN2O2. The second-order valence-corrected chi connectivity index (χ2v) is 5.59. The van der Waals surface area contributed by atoms with Crippen LogP contribution in [0.1, 0.15) is 6.92 Å². The number of ether oxygens (including phenoxy) is 1. The zero-order chi connectivity index (χ0) is 16.2. The van der Waals surface area contributed by atoms with Gasteiger partial charge in [0, 0.05) is 27.8 Å². The van der Waals surface area contributed by atoms with E-state index in [4.69, 9.17) is 16.3 Å². The summed E-state index contributed by atoms with van der Waals surface area (Å²) >= 11 is 5.98. The predicted molar refractivity (Wildman–Crippen MR) is 93.2 cm³/mol. The lowest BCUT2D eigenvalue weighted by atomic mass is 10.2. The molecule has 0 aliphatic rings. The maximum absolute atomic E-state index is 12.2. The number of carbonyl (C=O) groups is 1. The molecule has 3 aromatic rings. The summed E-state index contributed by atoms with van der Waals surface area (Å²) in [5, 5.41) is 4.59. The first-order valence-corrected chi connectivity index (χ1v) is 7.80. The van der Waals surface area contributed by atoms with Crippen LogP contribution in [0.2, 0.25) is 5.02 Å². The number of benzene rings is 2. The number of hydrogen-bond acceptors (Lipinski definition) is 2. The average Bonchev–Trinajstić information content (AvgIpc) is 2.91. The van der Waals surface area contributed by atoms with Crippen LogP contribution >= 0.6 is 11.6 Å². The Labute approximate surface area is 139 Å². The molecule has 0 saturated heterocycles. The van der Waals surface area contributed by atoms with Crippen molar-refractivity contribution in [3.05, 3.63) is 59.8 Å². The molecule has 5 heteroatoms. The normalized spacial score (nSPS) is 10.7. The van der Waals surface area contributed by atoms with Crippen LogP contribution in [0.5, 0.6) is 5.75 Å². The van der Waals surface area contributed by atoms with Crippen molar-refractivity contribution < 1.29 is 9.53 Å². The summed E-state index contributed by atoms with van der Waals surface area (Å²) in [5.74, 6) is 0.709. The van der Waals surface area contributed by atoms with Gasteiger partial charge in [0.25, 0.3) is 0 Å². The summed E-state index contributed by atoms with van der Waals surface area (Å²) in [5.41, 5.74) is 1.73. The fraction of sp³-hybridized carbons (Fsp3) is 0.167. The second kappa shape index (κ2) is 6.75. The highest BCUT2D eigenvalue weighted by Crippen LogP contribution is 2.21. The average molecular weight is 329 g/mol. The second-order valence-electron chi connectivity index (χ2n) is 5.15. The summed E-state index contributed by atoms with van der Waals surface area (Å²) in [7, 11) is 0. The third kappa shape index (κ3) is 3.66. The number of halogens is 1. The molecule has 2 aromatic carbocycles. The minimum Gasteiger partial charge on any atom is -0.494 e. The molecule has 3 rings (SSSR count). The molecule has 1 amide bonds. The molecule has 118 valence electrons. The highest BCUT2D eigenvalue weighted by molar-refractivity contribution is 6.31. The third-order valence-electron chi connectivity index (χ3n) is 3.50. The Balaban J connectivity index is 1.68. The Bertz CT molecular complexity index is 825. The topological polar surface area (TPSA) is 43.3 Å². The van der Waals surface area contributed by atoms with Crippen molar-refractivity contribution in [2.45, 2.75) is 13.5 Å². The lowest BCUT2D eigenvalue weighted by Gasteiger charge is -2.09. The molecule has 0 bridgehead atoms. The molecule has 0 aliphatic carbocycles. The monoisotopic (exact) mass is 328 g/mol. The Hall–Kier alpha value is -2.46. The molecule has 0 fully saturated rings. The molecule has 1 N–H and O–H groups in total. The summed E-state index contributed by atoms with van der Waals surface area (Å²) in [4.78, 5) is 12.2. The van der Waals surface area contributed by atoms with Crippen LogP contribution in [-0.2, 0) is 11.3 Å². The van der Waals surface area contributed by atoms with E-state index in [0.717, 1.165) is 22.3 Å². The maximum Gasteiger partial charge on any atom is 0.244 e. The van der Waals surface area contributed by atoms with Crippen LogP contribution in [-0.4, -0.2) is 17.1 Å². The van der Waals surface area contributed by atoms with Gasteiger partial charge in [-0.15, -0.1) is 0 Å². The molecule has 0 aliphatic heterocycles. The van der Waals surface area contributed by atoms with Gasteiger partial charge in [0.05, 0.1) is 6.61 Å². The Kier molecular flexibility index (Phi) is 4.53. The minimum atomic E-state index is -0.0818. The van der Waals surface area contributed by atoms with Crippen LogP contribution in [0, 0.1) is 0 Å². The van der Waals surface area contributed by atoms with Gasteiger partial charge in [-0.3, -0.25) is 4.79 Å². The lowest BCUT2D eigenvalue weighted by Crippen LogP contribution is -2.18. The van der Waals surface area contributed by atoms with E-state index in [1.807, 2.05) is 66.2 Å². The van der Waals surface area contributed by atoms with Gasteiger partial charge in [-0.25, -0.2) is 0 Å². The first-order valence-electron chi connectivity index (χ1n) is 7.43. The van der Waals surface area contributed by atoms with Crippen LogP contribution in [0.3, 0.4) is 0 Å². The molecule has 1 heterocycles. The van der Waals surface area contributed by atoms with E-state index in [-0.39, 0.29) is 12.5 Å². The van der Waals surface area contributed by atoms with Crippen LogP contribution < -0.4 is 10.1 Å². The minimum absolute atomic E-state index is 0.0818. The molecule has 1 aromatic heterocycles. The summed E-state index contributed by atoms with van der Waals surface area (Å²) < 4.78 is 7.28. The Morgan fingerprint density at radius 3 is 2.70 bits per heavy atom. The van der Waals surface area contributed by atoms with Gasteiger partial charge in [-0.05, 0) is 55.5 Å². The quantitative estimate of drug-likeness (QED) is 0.757. The van der Waals surface area contributed by atoms with E-state index in [2.05, 4.69) is 5.32 Å². The van der Waals surface area contributed by atoms with Gasteiger partial charge in [-0.2, -0.15) is 0 Å². The number of rotatable bonds is 5. The van der Waals surface area contributed by atoms with Crippen molar-refractivity contribution in [2.24, 2.45) is 0 Å². The molecule has 0 unspecified atom stereocenters. The van der Waals surface area contributed by atoms with E-state index in [1.165, 1.54) is 0 Å². The standard InChI is InChI=1S/C18H17ClN2O2/c1-2-23-16-6-4-15(5-7-16)20-18(22)12-21-10-9-13-11-14(19)3-8-17(13)21/h3-11H,2,12H2,1H3,(H,20,22). The number of amides is 1. The van der Waals surface area contributed by atoms with Crippen molar-refractivity contribution in [2.75, 3.05) is 11.9 Å². The van der Waals surface area contributed by atoms with E-state index < -0.39 is 0 Å². The number of nitrogens with zero attached hydrogens (tertiary/aromatic N) is 1. The SMILES string of the molecule is CCOc1ccc(NC(=O)Cn2ccc3cc(Cl)ccc32)cc1. The van der Waals surface area contributed by atoms with Crippen molar-refractivity contribution in [3.8, 4) is 5.75 Å². The molecule has 0 radical (unpaired) electrons. The van der Waals surface area contributed by atoms with E-state index in [9.17, 15) is 4.79 Å². The highest BCUT2D eigenvalue weighted by atomic mass is 35.5. The van der Waals surface area contributed by atoms with Gasteiger partial charge in [0.15, 0.2) is 0 Å². The number of carbonyl (C=O) groups excluding carboxylic acids is 1. The Morgan fingerprint density at radius 2 is 1.96 bits per heavy atom. The highest BCUT2D eigenvalue weighted by Gasteiger charge is 2.07. The lowest BCUT2D eigenvalue weighted by molar-refractivity contribution is -0.116. The molecule has 23 heavy (non-hydrogen) atoms. The van der Waals surface area contributed by atoms with E-state index in [0.29, 0.717) is 11.6 Å². The van der Waals surface area contributed by atoms with Gasteiger partial charge in [-0.1, -0.05) is 11.6 Å². The number of hydrogen-bond donors (Lipinski definition) is 1. The van der Waals surface area contributed by atoms with Gasteiger partial charge < -0.3 is 14.6 Å². The fourth-order valence-corrected chi connectivity index (χ4v) is 2.65. The van der Waals surface area contributed by atoms with Crippen molar-refractivity contribution in [3.63, 3.8) is 0 Å². The number of nitrogens with one attached hydrogen (secondary N) is 1. The van der Waals surface area contributed by atoms with Gasteiger partial charge >= 0.3 is 0 Å². The smallest absolute Gasteiger partial charge is 0.244 e. The zero-order valence-corrected chi connectivity index (χ0v) is 13.5.